The van der Waals surface area contributed by atoms with Crippen molar-refractivity contribution < 1.29 is 4.79 Å². The zero-order valence-corrected chi connectivity index (χ0v) is 12.5. The van der Waals surface area contributed by atoms with Crippen molar-refractivity contribution in [3.05, 3.63) is 29.3 Å². The van der Waals surface area contributed by atoms with Gasteiger partial charge >= 0.3 is 0 Å². The Bertz CT molecular complexity index is 467. The van der Waals surface area contributed by atoms with Gasteiger partial charge < -0.3 is 16.0 Å². The summed E-state index contributed by atoms with van der Waals surface area (Å²) in [6.07, 6.45) is 4.79. The number of aryl methyl sites for hydroxylation is 1. The summed E-state index contributed by atoms with van der Waals surface area (Å²) in [6.45, 7) is 3.21. The van der Waals surface area contributed by atoms with Gasteiger partial charge in [0.05, 0.1) is 6.54 Å². The van der Waals surface area contributed by atoms with Gasteiger partial charge in [-0.1, -0.05) is 30.5 Å². The van der Waals surface area contributed by atoms with Gasteiger partial charge in [-0.05, 0) is 38.4 Å². The highest BCUT2D eigenvalue weighted by Crippen LogP contribution is 2.30. The van der Waals surface area contributed by atoms with Gasteiger partial charge in [0.25, 0.3) is 0 Å². The van der Waals surface area contributed by atoms with Crippen LogP contribution in [0.4, 0.5) is 5.69 Å². The lowest BCUT2D eigenvalue weighted by Gasteiger charge is -2.32. The minimum atomic E-state index is -0.257. The van der Waals surface area contributed by atoms with Crippen molar-refractivity contribution >= 4 is 11.6 Å². The van der Waals surface area contributed by atoms with Crippen LogP contribution < -0.4 is 16.0 Å². The second-order valence-electron chi connectivity index (χ2n) is 5.69. The summed E-state index contributed by atoms with van der Waals surface area (Å²) in [7, 11) is 1.94. The van der Waals surface area contributed by atoms with Crippen molar-refractivity contribution in [3.63, 3.8) is 0 Å². The van der Waals surface area contributed by atoms with E-state index in [4.69, 9.17) is 5.73 Å². The maximum Gasteiger partial charge on any atom is 0.236 e. The third-order valence-corrected chi connectivity index (χ3v) is 4.00. The predicted octanol–water partition coefficient (Wildman–Crippen LogP) is 1.95. The van der Waals surface area contributed by atoms with Gasteiger partial charge in [0.2, 0.25) is 5.91 Å². The summed E-state index contributed by atoms with van der Waals surface area (Å²) in [5.74, 6) is -0.257. The molecule has 2 rings (SSSR count). The van der Waals surface area contributed by atoms with E-state index in [0.717, 1.165) is 25.1 Å². The van der Waals surface area contributed by atoms with Crippen molar-refractivity contribution in [2.45, 2.75) is 45.2 Å². The molecule has 0 aromatic heterocycles. The molecular formula is C16H25N3O. The first kappa shape index (κ1) is 14.9. The van der Waals surface area contributed by atoms with Crippen molar-refractivity contribution in [3.8, 4) is 0 Å². The number of primary amides is 1. The third kappa shape index (κ3) is 3.51. The predicted molar refractivity (Wildman–Crippen MR) is 82.7 cm³/mol. The maximum absolute atomic E-state index is 11.4. The number of hydrogen-bond acceptors (Lipinski definition) is 3. The number of amides is 1. The van der Waals surface area contributed by atoms with E-state index in [0.29, 0.717) is 12.6 Å². The molecule has 1 fully saturated rings. The lowest BCUT2D eigenvalue weighted by Crippen LogP contribution is -2.41. The minimum absolute atomic E-state index is 0.257. The molecule has 0 heterocycles. The number of benzene rings is 1. The van der Waals surface area contributed by atoms with Gasteiger partial charge in [-0.3, -0.25) is 4.79 Å². The number of nitrogens with zero attached hydrogens (tertiary/aromatic N) is 1. The molecule has 1 aliphatic rings. The fourth-order valence-electron chi connectivity index (χ4n) is 3.12. The van der Waals surface area contributed by atoms with Gasteiger partial charge in [0.15, 0.2) is 0 Å². The zero-order chi connectivity index (χ0) is 14.5. The molecule has 4 nitrogen and oxygen atoms in total. The van der Waals surface area contributed by atoms with Crippen LogP contribution in [0.5, 0.6) is 0 Å². The first-order chi connectivity index (χ1) is 9.61. The van der Waals surface area contributed by atoms with E-state index in [1.54, 1.807) is 0 Å². The summed E-state index contributed by atoms with van der Waals surface area (Å²) in [5, 5.41) is 3.21. The van der Waals surface area contributed by atoms with E-state index in [9.17, 15) is 4.79 Å². The minimum Gasteiger partial charge on any atom is -0.368 e. The SMILES string of the molecule is CNCc1cc(C)ccc1N(CC(N)=O)C1CCCC1. The number of carbonyl (C=O) groups excluding carboxylic acids is 1. The van der Waals surface area contributed by atoms with Crippen molar-refractivity contribution in [1.82, 2.24) is 5.32 Å². The van der Waals surface area contributed by atoms with Crippen LogP contribution in [0.3, 0.4) is 0 Å². The number of anilines is 1. The van der Waals surface area contributed by atoms with Crippen LogP contribution in [0.25, 0.3) is 0 Å². The summed E-state index contributed by atoms with van der Waals surface area (Å²) in [4.78, 5) is 13.7. The Hall–Kier alpha value is -1.55. The van der Waals surface area contributed by atoms with Gasteiger partial charge in [-0.25, -0.2) is 0 Å². The van der Waals surface area contributed by atoms with E-state index in [1.165, 1.54) is 24.0 Å². The van der Waals surface area contributed by atoms with E-state index in [1.807, 2.05) is 7.05 Å². The van der Waals surface area contributed by atoms with Crippen LogP contribution in [0.2, 0.25) is 0 Å². The van der Waals surface area contributed by atoms with Crippen LogP contribution in [0.1, 0.15) is 36.8 Å². The Kier molecular flexibility index (Phi) is 5.01. The van der Waals surface area contributed by atoms with E-state index >= 15 is 0 Å². The number of nitrogens with one attached hydrogen (secondary N) is 1. The lowest BCUT2D eigenvalue weighted by atomic mass is 10.1. The molecule has 0 aliphatic heterocycles. The summed E-state index contributed by atoms with van der Waals surface area (Å²) in [6, 6.07) is 6.87. The van der Waals surface area contributed by atoms with Crippen LogP contribution in [0, 0.1) is 6.92 Å². The second kappa shape index (κ2) is 6.75. The highest BCUT2D eigenvalue weighted by Gasteiger charge is 2.25. The molecule has 0 unspecified atom stereocenters. The van der Waals surface area contributed by atoms with Crippen molar-refractivity contribution in [2.75, 3.05) is 18.5 Å². The number of rotatable bonds is 6. The molecule has 1 aromatic rings. The maximum atomic E-state index is 11.4. The molecule has 110 valence electrons. The second-order valence-corrected chi connectivity index (χ2v) is 5.69. The van der Waals surface area contributed by atoms with Gasteiger partial charge in [-0.2, -0.15) is 0 Å². The Balaban J connectivity index is 2.33. The zero-order valence-electron chi connectivity index (χ0n) is 12.5. The Morgan fingerprint density at radius 2 is 2.10 bits per heavy atom. The summed E-state index contributed by atoms with van der Waals surface area (Å²) < 4.78 is 0. The number of carbonyl (C=O) groups is 1. The molecule has 0 radical (unpaired) electrons. The molecule has 4 heteroatoms. The average Bonchev–Trinajstić information content (AvgIpc) is 2.90. The smallest absolute Gasteiger partial charge is 0.236 e. The standard InChI is InChI=1S/C16H25N3O/c1-12-7-8-15(13(9-12)10-18-2)19(11-16(17)20)14-5-3-4-6-14/h7-9,14,18H,3-6,10-11H2,1-2H3,(H2,17,20). The van der Waals surface area contributed by atoms with E-state index in [2.05, 4.69) is 35.3 Å². The Morgan fingerprint density at radius 1 is 1.40 bits per heavy atom. The number of hydrogen-bond donors (Lipinski definition) is 2. The van der Waals surface area contributed by atoms with Crippen molar-refractivity contribution in [1.29, 1.82) is 0 Å². The Morgan fingerprint density at radius 3 is 2.70 bits per heavy atom. The molecule has 1 amide bonds. The molecule has 1 aromatic carbocycles. The molecule has 1 saturated carbocycles. The largest absolute Gasteiger partial charge is 0.368 e. The Labute approximate surface area is 121 Å². The average molecular weight is 275 g/mol. The van der Waals surface area contributed by atoms with Gasteiger partial charge in [0.1, 0.15) is 0 Å². The highest BCUT2D eigenvalue weighted by molar-refractivity contribution is 5.80. The van der Waals surface area contributed by atoms with Crippen LogP contribution in [0.15, 0.2) is 18.2 Å². The fourth-order valence-corrected chi connectivity index (χ4v) is 3.12. The molecule has 3 N–H and O–H groups in total. The number of nitrogens with two attached hydrogens (primary N) is 1. The first-order valence-corrected chi connectivity index (χ1v) is 7.41. The molecule has 0 spiro atoms. The topological polar surface area (TPSA) is 58.4 Å². The van der Waals surface area contributed by atoms with Gasteiger partial charge in [-0.15, -0.1) is 0 Å². The van der Waals surface area contributed by atoms with E-state index < -0.39 is 0 Å². The molecule has 0 bridgehead atoms. The highest BCUT2D eigenvalue weighted by atomic mass is 16.1. The fraction of sp³-hybridized carbons (Fsp3) is 0.562. The molecule has 0 saturated heterocycles. The van der Waals surface area contributed by atoms with E-state index in [-0.39, 0.29) is 5.91 Å². The molecule has 20 heavy (non-hydrogen) atoms. The van der Waals surface area contributed by atoms with Crippen LogP contribution in [-0.4, -0.2) is 25.5 Å². The lowest BCUT2D eigenvalue weighted by molar-refractivity contribution is -0.116. The van der Waals surface area contributed by atoms with Crippen LogP contribution in [-0.2, 0) is 11.3 Å². The molecule has 1 aliphatic carbocycles. The first-order valence-electron chi connectivity index (χ1n) is 7.41. The normalized spacial score (nSPS) is 15.5. The summed E-state index contributed by atoms with van der Waals surface area (Å²) >= 11 is 0. The van der Waals surface area contributed by atoms with Gasteiger partial charge in [0, 0.05) is 18.3 Å². The third-order valence-electron chi connectivity index (χ3n) is 4.00. The molecular weight excluding hydrogens is 250 g/mol. The monoisotopic (exact) mass is 275 g/mol. The quantitative estimate of drug-likeness (QED) is 0.834. The summed E-state index contributed by atoms with van der Waals surface area (Å²) in [5.41, 5.74) is 9.08. The molecule has 0 atom stereocenters. The van der Waals surface area contributed by atoms with Crippen molar-refractivity contribution in [2.24, 2.45) is 5.73 Å². The van der Waals surface area contributed by atoms with Crippen LogP contribution >= 0.6 is 0 Å².